The molecule has 1 aliphatic heterocycles. The Morgan fingerprint density at radius 2 is 1.95 bits per heavy atom. The molecule has 0 radical (unpaired) electrons. The van der Waals surface area contributed by atoms with Crippen LogP contribution in [0.5, 0.6) is 0 Å². The van der Waals surface area contributed by atoms with E-state index in [0.717, 1.165) is 31.3 Å². The fraction of sp³-hybridized carbons (Fsp3) is 0.625. The molecule has 1 heterocycles. The van der Waals surface area contributed by atoms with Gasteiger partial charge in [0.1, 0.15) is 11.6 Å². The van der Waals surface area contributed by atoms with Crippen molar-refractivity contribution in [3.05, 3.63) is 35.4 Å². The molecule has 0 amide bonds. The van der Waals surface area contributed by atoms with E-state index in [1.807, 2.05) is 18.8 Å². The lowest BCUT2D eigenvalue weighted by molar-refractivity contribution is 0.202. The van der Waals surface area contributed by atoms with Gasteiger partial charge in [-0.1, -0.05) is 6.92 Å². The Bertz CT molecular complexity index is 449. The summed E-state index contributed by atoms with van der Waals surface area (Å²) in [4.78, 5) is 2.47. The van der Waals surface area contributed by atoms with Crippen LogP contribution in [0.3, 0.4) is 0 Å². The predicted molar refractivity (Wildman–Crippen MR) is 85.7 cm³/mol. The lowest BCUT2D eigenvalue weighted by Gasteiger charge is -2.38. The number of benzene rings is 1. The average molecular weight is 314 g/mol. The quantitative estimate of drug-likeness (QED) is 0.896. The van der Waals surface area contributed by atoms with E-state index >= 15 is 0 Å². The van der Waals surface area contributed by atoms with E-state index in [0.29, 0.717) is 16.9 Å². The van der Waals surface area contributed by atoms with Crippen molar-refractivity contribution in [1.82, 2.24) is 10.2 Å². The standard InChI is InChI=1S/C16H24F2N2S/c1-11-12(2)21-7-6-20(11)5-4-16(19-3)13-8-14(17)10-15(18)9-13/h8-12,16,19H,4-7H2,1-3H3. The molecule has 1 saturated heterocycles. The van der Waals surface area contributed by atoms with Gasteiger partial charge >= 0.3 is 0 Å². The Morgan fingerprint density at radius 1 is 1.29 bits per heavy atom. The Kier molecular flexibility index (Phi) is 6.02. The fourth-order valence-corrected chi connectivity index (χ4v) is 4.02. The number of thioether (sulfide) groups is 1. The van der Waals surface area contributed by atoms with Gasteiger partial charge in [-0.15, -0.1) is 0 Å². The summed E-state index contributed by atoms with van der Waals surface area (Å²) in [5, 5.41) is 3.81. The predicted octanol–water partition coefficient (Wildman–Crippen LogP) is 3.44. The summed E-state index contributed by atoms with van der Waals surface area (Å²) in [5.41, 5.74) is 0.682. The van der Waals surface area contributed by atoms with Gasteiger partial charge in [-0.3, -0.25) is 4.90 Å². The normalized spacial score (nSPS) is 25.0. The van der Waals surface area contributed by atoms with Crippen LogP contribution in [-0.2, 0) is 0 Å². The second-order valence-corrected chi connectivity index (χ2v) is 7.17. The van der Waals surface area contributed by atoms with Gasteiger partial charge in [0.2, 0.25) is 0 Å². The maximum atomic E-state index is 13.4. The largest absolute Gasteiger partial charge is 0.313 e. The van der Waals surface area contributed by atoms with Crippen molar-refractivity contribution in [2.75, 3.05) is 25.9 Å². The lowest BCUT2D eigenvalue weighted by atomic mass is 10.0. The maximum Gasteiger partial charge on any atom is 0.126 e. The summed E-state index contributed by atoms with van der Waals surface area (Å²) in [6.07, 6.45) is 0.848. The Labute approximate surface area is 130 Å². The third kappa shape index (κ3) is 4.41. The van der Waals surface area contributed by atoms with Crippen molar-refractivity contribution in [3.63, 3.8) is 0 Å². The molecule has 1 aliphatic rings. The second kappa shape index (κ2) is 7.56. The van der Waals surface area contributed by atoms with Gasteiger partial charge in [-0.05, 0) is 38.1 Å². The third-order valence-corrected chi connectivity index (χ3v) is 5.69. The topological polar surface area (TPSA) is 15.3 Å². The van der Waals surface area contributed by atoms with Crippen LogP contribution >= 0.6 is 11.8 Å². The smallest absolute Gasteiger partial charge is 0.126 e. The molecule has 0 saturated carbocycles. The number of hydrogen-bond donors (Lipinski definition) is 1. The first-order valence-corrected chi connectivity index (χ1v) is 8.55. The molecule has 21 heavy (non-hydrogen) atoms. The molecule has 0 aromatic heterocycles. The minimum absolute atomic E-state index is 0.0210. The minimum atomic E-state index is -0.512. The molecule has 0 spiro atoms. The number of rotatable bonds is 5. The van der Waals surface area contributed by atoms with Gasteiger partial charge in [-0.25, -0.2) is 8.78 Å². The van der Waals surface area contributed by atoms with Crippen LogP contribution in [0.15, 0.2) is 18.2 Å². The van der Waals surface area contributed by atoms with Gasteiger partial charge in [0.25, 0.3) is 0 Å². The highest BCUT2D eigenvalue weighted by Crippen LogP contribution is 2.26. The van der Waals surface area contributed by atoms with E-state index in [-0.39, 0.29) is 6.04 Å². The molecular weight excluding hydrogens is 290 g/mol. The zero-order valence-corrected chi connectivity index (χ0v) is 13.7. The van der Waals surface area contributed by atoms with Crippen LogP contribution in [0.2, 0.25) is 0 Å². The van der Waals surface area contributed by atoms with Crippen LogP contribution < -0.4 is 5.32 Å². The summed E-state index contributed by atoms with van der Waals surface area (Å²) in [6.45, 7) is 6.55. The molecule has 3 unspecified atom stereocenters. The molecule has 2 rings (SSSR count). The summed E-state index contributed by atoms with van der Waals surface area (Å²) in [5.74, 6) is 0.132. The van der Waals surface area contributed by atoms with Crippen molar-refractivity contribution in [3.8, 4) is 0 Å². The third-order valence-electron chi connectivity index (χ3n) is 4.36. The Hall–Kier alpha value is -0.650. The summed E-state index contributed by atoms with van der Waals surface area (Å²) in [7, 11) is 1.84. The fourth-order valence-electron chi connectivity index (χ4n) is 2.86. The summed E-state index contributed by atoms with van der Waals surface area (Å²) >= 11 is 2.01. The van der Waals surface area contributed by atoms with Gasteiger partial charge in [0, 0.05) is 42.2 Å². The van der Waals surface area contributed by atoms with E-state index in [1.54, 1.807) is 0 Å². The van der Waals surface area contributed by atoms with Gasteiger partial charge in [-0.2, -0.15) is 11.8 Å². The number of nitrogens with one attached hydrogen (secondary N) is 1. The van der Waals surface area contributed by atoms with E-state index < -0.39 is 11.6 Å². The number of hydrogen-bond acceptors (Lipinski definition) is 3. The first-order chi connectivity index (χ1) is 10.0. The maximum absolute atomic E-state index is 13.4. The van der Waals surface area contributed by atoms with Crippen LogP contribution in [0.25, 0.3) is 0 Å². The second-order valence-electron chi connectivity index (χ2n) is 5.69. The molecule has 0 bridgehead atoms. The summed E-state index contributed by atoms with van der Waals surface area (Å²) < 4.78 is 26.7. The summed E-state index contributed by atoms with van der Waals surface area (Å²) in [6, 6.07) is 4.28. The van der Waals surface area contributed by atoms with Crippen molar-refractivity contribution < 1.29 is 8.78 Å². The first kappa shape index (κ1) is 16.7. The molecule has 1 fully saturated rings. The molecule has 2 nitrogen and oxygen atoms in total. The molecule has 1 N–H and O–H groups in total. The van der Waals surface area contributed by atoms with Crippen LogP contribution in [0.4, 0.5) is 8.78 Å². The van der Waals surface area contributed by atoms with Crippen molar-refractivity contribution >= 4 is 11.8 Å². The van der Waals surface area contributed by atoms with E-state index in [9.17, 15) is 8.78 Å². The first-order valence-electron chi connectivity index (χ1n) is 7.50. The molecule has 118 valence electrons. The molecule has 5 heteroatoms. The van der Waals surface area contributed by atoms with Crippen molar-refractivity contribution in [1.29, 1.82) is 0 Å². The van der Waals surface area contributed by atoms with E-state index in [1.165, 1.54) is 12.1 Å². The number of halogens is 2. The van der Waals surface area contributed by atoms with Crippen LogP contribution in [0, 0.1) is 11.6 Å². The molecular formula is C16H24F2N2S. The zero-order chi connectivity index (χ0) is 15.4. The monoisotopic (exact) mass is 314 g/mol. The Morgan fingerprint density at radius 3 is 2.57 bits per heavy atom. The van der Waals surface area contributed by atoms with E-state index in [4.69, 9.17) is 0 Å². The van der Waals surface area contributed by atoms with Gasteiger partial charge in [0.15, 0.2) is 0 Å². The van der Waals surface area contributed by atoms with Gasteiger partial charge < -0.3 is 5.32 Å². The average Bonchev–Trinajstić information content (AvgIpc) is 2.43. The minimum Gasteiger partial charge on any atom is -0.313 e. The number of nitrogens with zero attached hydrogens (tertiary/aromatic N) is 1. The molecule has 1 aromatic rings. The highest BCUT2D eigenvalue weighted by Gasteiger charge is 2.25. The molecule has 0 aliphatic carbocycles. The van der Waals surface area contributed by atoms with Crippen LogP contribution in [-0.4, -0.2) is 42.1 Å². The molecule has 1 aromatic carbocycles. The SMILES string of the molecule is CNC(CCN1CCSC(C)C1C)c1cc(F)cc(F)c1. The van der Waals surface area contributed by atoms with Crippen molar-refractivity contribution in [2.45, 2.75) is 37.6 Å². The van der Waals surface area contributed by atoms with Gasteiger partial charge in [0.05, 0.1) is 0 Å². The van der Waals surface area contributed by atoms with E-state index in [2.05, 4.69) is 24.1 Å². The molecule has 3 atom stereocenters. The lowest BCUT2D eigenvalue weighted by Crippen LogP contribution is -2.45. The Balaban J connectivity index is 1.99. The van der Waals surface area contributed by atoms with Crippen molar-refractivity contribution in [2.24, 2.45) is 0 Å². The highest BCUT2D eigenvalue weighted by molar-refractivity contribution is 8.00. The highest BCUT2D eigenvalue weighted by atomic mass is 32.2. The van der Waals surface area contributed by atoms with Crippen LogP contribution in [0.1, 0.15) is 31.9 Å². The zero-order valence-electron chi connectivity index (χ0n) is 12.9.